The Morgan fingerprint density at radius 1 is 1.14 bits per heavy atom. The highest BCUT2D eigenvalue weighted by Gasteiger charge is 2.30. The first-order valence-electron chi connectivity index (χ1n) is 8.08. The highest BCUT2D eigenvalue weighted by atomic mass is 19.4. The third kappa shape index (κ3) is 4.19. The van der Waals surface area contributed by atoms with Crippen molar-refractivity contribution in [1.29, 1.82) is 0 Å². The normalized spacial score (nSPS) is 11.5. The lowest BCUT2D eigenvalue weighted by molar-refractivity contribution is -0.137. The van der Waals surface area contributed by atoms with Gasteiger partial charge in [0.2, 0.25) is 0 Å². The van der Waals surface area contributed by atoms with Crippen LogP contribution in [0, 0.1) is 11.6 Å². The van der Waals surface area contributed by atoms with Gasteiger partial charge in [0, 0.05) is 31.4 Å². The number of carbonyl (C=O) groups is 1. The number of aryl methyl sites for hydroxylation is 1. The number of hydrogen-bond donors (Lipinski definition) is 1. The van der Waals surface area contributed by atoms with Gasteiger partial charge in [0.1, 0.15) is 17.3 Å². The molecule has 0 saturated carbocycles. The summed E-state index contributed by atoms with van der Waals surface area (Å²) >= 11 is 0. The molecule has 28 heavy (non-hydrogen) atoms. The third-order valence-electron chi connectivity index (χ3n) is 3.97. The van der Waals surface area contributed by atoms with Gasteiger partial charge in [-0.05, 0) is 29.8 Å². The van der Waals surface area contributed by atoms with Gasteiger partial charge in [-0.2, -0.15) is 18.3 Å². The first-order valence-corrected chi connectivity index (χ1v) is 8.08. The summed E-state index contributed by atoms with van der Waals surface area (Å²) in [6.07, 6.45) is -3.14. The summed E-state index contributed by atoms with van der Waals surface area (Å²) in [6, 6.07) is 7.43. The number of hydrogen-bond acceptors (Lipinski definition) is 2. The summed E-state index contributed by atoms with van der Waals surface area (Å²) in [6.45, 7) is -0.164. The van der Waals surface area contributed by atoms with Crippen LogP contribution >= 0.6 is 0 Å². The topological polar surface area (TPSA) is 46.9 Å². The van der Waals surface area contributed by atoms with Crippen molar-refractivity contribution in [2.45, 2.75) is 12.7 Å². The molecule has 1 heterocycles. The Balaban J connectivity index is 1.83. The molecule has 0 fully saturated rings. The van der Waals surface area contributed by atoms with Crippen LogP contribution in [-0.2, 0) is 19.8 Å². The summed E-state index contributed by atoms with van der Waals surface area (Å²) in [5.41, 5.74) is -0.621. The molecule has 0 aliphatic carbocycles. The van der Waals surface area contributed by atoms with Gasteiger partial charge < -0.3 is 5.32 Å². The summed E-state index contributed by atoms with van der Waals surface area (Å²) in [5.74, 6) is -2.30. The van der Waals surface area contributed by atoms with Gasteiger partial charge in [-0.25, -0.2) is 8.78 Å². The van der Waals surface area contributed by atoms with Crippen molar-refractivity contribution < 1.29 is 26.7 Å². The number of nitrogens with zero attached hydrogens (tertiary/aromatic N) is 2. The second-order valence-electron chi connectivity index (χ2n) is 6.07. The summed E-state index contributed by atoms with van der Waals surface area (Å²) in [5, 5.41) is 6.53. The standard InChI is InChI=1S/C19H14F5N3O/c1-27-10-15(17(26-27)14-6-5-13(20)8-16(14)21)18(28)25-9-11-3-2-4-12(7-11)19(22,23)24/h2-8,10H,9H2,1H3,(H,25,28). The van der Waals surface area contributed by atoms with E-state index in [9.17, 15) is 26.7 Å². The summed E-state index contributed by atoms with van der Waals surface area (Å²) in [7, 11) is 1.52. The lowest BCUT2D eigenvalue weighted by Crippen LogP contribution is -2.23. The molecule has 1 aromatic heterocycles. The van der Waals surface area contributed by atoms with E-state index in [1.807, 2.05) is 0 Å². The highest BCUT2D eigenvalue weighted by Crippen LogP contribution is 2.29. The molecule has 0 aliphatic heterocycles. The van der Waals surface area contributed by atoms with Gasteiger partial charge in [0.05, 0.1) is 11.1 Å². The zero-order chi connectivity index (χ0) is 20.5. The predicted octanol–water partition coefficient (Wildman–Crippen LogP) is 4.31. The molecule has 0 saturated heterocycles. The van der Waals surface area contributed by atoms with Crippen molar-refractivity contribution >= 4 is 5.91 Å². The maximum Gasteiger partial charge on any atom is 0.416 e. The Labute approximate surface area is 156 Å². The second kappa shape index (κ2) is 7.41. The molecule has 0 unspecified atom stereocenters. The number of benzene rings is 2. The Morgan fingerprint density at radius 3 is 2.57 bits per heavy atom. The number of rotatable bonds is 4. The minimum absolute atomic E-state index is 0.00143. The molecule has 3 rings (SSSR count). The van der Waals surface area contributed by atoms with Gasteiger partial charge in [0.15, 0.2) is 0 Å². The van der Waals surface area contributed by atoms with Crippen molar-refractivity contribution in [2.75, 3.05) is 0 Å². The van der Waals surface area contributed by atoms with E-state index >= 15 is 0 Å². The van der Waals surface area contributed by atoms with Gasteiger partial charge in [-0.15, -0.1) is 0 Å². The number of nitrogens with one attached hydrogen (secondary N) is 1. The molecule has 146 valence electrons. The van der Waals surface area contributed by atoms with E-state index in [2.05, 4.69) is 10.4 Å². The minimum Gasteiger partial charge on any atom is -0.348 e. The fraction of sp³-hybridized carbons (Fsp3) is 0.158. The van der Waals surface area contributed by atoms with E-state index in [4.69, 9.17) is 0 Å². The average Bonchev–Trinajstić information content (AvgIpc) is 3.01. The third-order valence-corrected chi connectivity index (χ3v) is 3.97. The largest absolute Gasteiger partial charge is 0.416 e. The molecule has 0 spiro atoms. The van der Waals surface area contributed by atoms with Gasteiger partial charge in [-0.1, -0.05) is 12.1 Å². The van der Waals surface area contributed by atoms with Gasteiger partial charge in [0.25, 0.3) is 5.91 Å². The van der Waals surface area contributed by atoms with Crippen molar-refractivity contribution in [2.24, 2.45) is 7.05 Å². The molecular formula is C19H14F5N3O. The van der Waals surface area contributed by atoms with Crippen LogP contribution in [0.25, 0.3) is 11.3 Å². The van der Waals surface area contributed by atoms with Crippen molar-refractivity contribution in [3.8, 4) is 11.3 Å². The summed E-state index contributed by atoms with van der Waals surface area (Å²) in [4.78, 5) is 12.5. The van der Waals surface area contributed by atoms with E-state index in [0.717, 1.165) is 24.3 Å². The molecule has 1 N–H and O–H groups in total. The van der Waals surface area contributed by atoms with Crippen LogP contribution in [0.2, 0.25) is 0 Å². The summed E-state index contributed by atoms with van der Waals surface area (Å²) < 4.78 is 66.8. The van der Waals surface area contributed by atoms with Crippen molar-refractivity contribution in [1.82, 2.24) is 15.1 Å². The molecule has 0 radical (unpaired) electrons. The number of halogens is 5. The molecular weight excluding hydrogens is 381 g/mol. The van der Waals surface area contributed by atoms with E-state index < -0.39 is 29.3 Å². The highest BCUT2D eigenvalue weighted by molar-refractivity contribution is 5.99. The first-order chi connectivity index (χ1) is 13.1. The van der Waals surface area contributed by atoms with E-state index in [0.29, 0.717) is 6.07 Å². The first kappa shape index (κ1) is 19.5. The van der Waals surface area contributed by atoms with E-state index in [-0.39, 0.29) is 28.9 Å². The van der Waals surface area contributed by atoms with Gasteiger partial charge >= 0.3 is 6.18 Å². The second-order valence-corrected chi connectivity index (χ2v) is 6.07. The number of carbonyl (C=O) groups excluding carboxylic acids is 1. The van der Waals surface area contributed by atoms with Crippen LogP contribution in [0.4, 0.5) is 22.0 Å². The maximum absolute atomic E-state index is 14.1. The van der Waals surface area contributed by atoms with Crippen LogP contribution in [0.5, 0.6) is 0 Å². The number of amides is 1. The quantitative estimate of drug-likeness (QED) is 0.669. The monoisotopic (exact) mass is 395 g/mol. The number of aromatic nitrogens is 2. The maximum atomic E-state index is 14.1. The molecule has 2 aromatic carbocycles. The van der Waals surface area contributed by atoms with Crippen molar-refractivity contribution in [3.63, 3.8) is 0 Å². The van der Waals surface area contributed by atoms with Crippen LogP contribution in [0.1, 0.15) is 21.5 Å². The molecule has 0 atom stereocenters. The molecule has 3 aromatic rings. The SMILES string of the molecule is Cn1cc(C(=O)NCc2cccc(C(F)(F)F)c2)c(-c2ccc(F)cc2F)n1. The molecule has 9 heteroatoms. The molecule has 4 nitrogen and oxygen atoms in total. The minimum atomic E-state index is -4.49. The Bertz CT molecular complexity index is 1030. The fourth-order valence-corrected chi connectivity index (χ4v) is 2.67. The van der Waals surface area contributed by atoms with Crippen LogP contribution in [0.15, 0.2) is 48.7 Å². The lowest BCUT2D eigenvalue weighted by atomic mass is 10.1. The zero-order valence-electron chi connectivity index (χ0n) is 14.5. The van der Waals surface area contributed by atoms with Crippen LogP contribution < -0.4 is 5.32 Å². The molecule has 0 bridgehead atoms. The van der Waals surface area contributed by atoms with Crippen molar-refractivity contribution in [3.05, 3.63) is 77.0 Å². The average molecular weight is 395 g/mol. The van der Waals surface area contributed by atoms with E-state index in [1.54, 1.807) is 0 Å². The van der Waals surface area contributed by atoms with Gasteiger partial charge in [-0.3, -0.25) is 9.48 Å². The fourth-order valence-electron chi connectivity index (χ4n) is 2.67. The van der Waals surface area contributed by atoms with Crippen LogP contribution in [-0.4, -0.2) is 15.7 Å². The Kier molecular flexibility index (Phi) is 5.17. The Morgan fingerprint density at radius 2 is 1.89 bits per heavy atom. The van der Waals surface area contributed by atoms with Crippen LogP contribution in [0.3, 0.4) is 0 Å². The molecule has 1 amide bonds. The smallest absolute Gasteiger partial charge is 0.348 e. The lowest BCUT2D eigenvalue weighted by Gasteiger charge is -2.10. The van der Waals surface area contributed by atoms with E-state index in [1.165, 1.54) is 30.1 Å². The molecule has 0 aliphatic rings. The Hall–Kier alpha value is -3.23. The number of alkyl halides is 3. The predicted molar refractivity (Wildman–Crippen MR) is 91.2 cm³/mol. The zero-order valence-corrected chi connectivity index (χ0v) is 14.5.